The predicted molar refractivity (Wildman–Crippen MR) is 71.1 cm³/mol. The van der Waals surface area contributed by atoms with Gasteiger partial charge in [-0.2, -0.15) is 0 Å². The third kappa shape index (κ3) is 2.62. The molecule has 1 aliphatic carbocycles. The third-order valence-corrected chi connectivity index (χ3v) is 3.89. The minimum atomic E-state index is 0.00321. The molecule has 2 amide bonds. The molecule has 0 aromatic carbocycles. The number of aromatic nitrogens is 2. The molecule has 1 fully saturated rings. The molecular formula is C13H19N5O. The molecule has 0 atom stereocenters. The SMILES string of the molecule is Nc1ncc2c(n1)CN(C(=O)NC1CCCCC1)C2. The van der Waals surface area contributed by atoms with Crippen LogP contribution in [0.2, 0.25) is 0 Å². The van der Waals surface area contributed by atoms with E-state index in [1.54, 1.807) is 11.1 Å². The lowest BCUT2D eigenvalue weighted by atomic mass is 9.96. The summed E-state index contributed by atoms with van der Waals surface area (Å²) in [5.41, 5.74) is 7.42. The molecule has 0 radical (unpaired) electrons. The largest absolute Gasteiger partial charge is 0.368 e. The number of fused-ring (bicyclic) bond motifs is 1. The highest BCUT2D eigenvalue weighted by atomic mass is 16.2. The van der Waals surface area contributed by atoms with Gasteiger partial charge in [0.05, 0.1) is 18.8 Å². The van der Waals surface area contributed by atoms with Crippen molar-refractivity contribution in [1.82, 2.24) is 20.2 Å². The maximum Gasteiger partial charge on any atom is 0.318 e. The summed E-state index contributed by atoms with van der Waals surface area (Å²) in [5.74, 6) is 0.272. The van der Waals surface area contributed by atoms with Crippen molar-refractivity contribution in [2.45, 2.75) is 51.2 Å². The van der Waals surface area contributed by atoms with Crippen LogP contribution in [0.15, 0.2) is 6.20 Å². The van der Waals surface area contributed by atoms with Gasteiger partial charge in [0.15, 0.2) is 0 Å². The van der Waals surface area contributed by atoms with Gasteiger partial charge in [-0.1, -0.05) is 19.3 Å². The van der Waals surface area contributed by atoms with E-state index in [1.165, 1.54) is 19.3 Å². The number of hydrogen-bond acceptors (Lipinski definition) is 4. The third-order valence-electron chi connectivity index (χ3n) is 3.89. The first-order valence-electron chi connectivity index (χ1n) is 6.88. The Balaban J connectivity index is 1.60. The fourth-order valence-electron chi connectivity index (χ4n) is 2.83. The van der Waals surface area contributed by atoms with Crippen molar-refractivity contribution >= 4 is 12.0 Å². The molecule has 6 nitrogen and oxygen atoms in total. The van der Waals surface area contributed by atoms with E-state index in [2.05, 4.69) is 15.3 Å². The number of rotatable bonds is 1. The average molecular weight is 261 g/mol. The second-order valence-corrected chi connectivity index (χ2v) is 5.34. The van der Waals surface area contributed by atoms with Crippen LogP contribution in [0, 0.1) is 0 Å². The first-order chi connectivity index (χ1) is 9.22. The van der Waals surface area contributed by atoms with Gasteiger partial charge in [0.1, 0.15) is 0 Å². The molecule has 2 aliphatic rings. The molecule has 3 N–H and O–H groups in total. The highest BCUT2D eigenvalue weighted by molar-refractivity contribution is 5.75. The molecule has 0 saturated heterocycles. The summed E-state index contributed by atoms with van der Waals surface area (Å²) in [6, 6.07) is 0.338. The summed E-state index contributed by atoms with van der Waals surface area (Å²) >= 11 is 0. The Labute approximate surface area is 112 Å². The summed E-state index contributed by atoms with van der Waals surface area (Å²) < 4.78 is 0. The van der Waals surface area contributed by atoms with Crippen molar-refractivity contribution in [2.75, 3.05) is 5.73 Å². The number of anilines is 1. The van der Waals surface area contributed by atoms with Crippen molar-refractivity contribution in [1.29, 1.82) is 0 Å². The first kappa shape index (κ1) is 12.2. The number of carbonyl (C=O) groups is 1. The van der Waals surface area contributed by atoms with E-state index in [0.29, 0.717) is 19.1 Å². The monoisotopic (exact) mass is 261 g/mol. The number of amides is 2. The van der Waals surface area contributed by atoms with Crippen molar-refractivity contribution < 1.29 is 4.79 Å². The van der Waals surface area contributed by atoms with Crippen molar-refractivity contribution in [3.8, 4) is 0 Å². The number of urea groups is 1. The zero-order valence-corrected chi connectivity index (χ0v) is 10.9. The molecule has 1 aliphatic heterocycles. The molecule has 1 saturated carbocycles. The van der Waals surface area contributed by atoms with Crippen LogP contribution in [0.25, 0.3) is 0 Å². The van der Waals surface area contributed by atoms with E-state index < -0.39 is 0 Å². The highest BCUT2D eigenvalue weighted by Gasteiger charge is 2.26. The van der Waals surface area contributed by atoms with E-state index >= 15 is 0 Å². The summed E-state index contributed by atoms with van der Waals surface area (Å²) in [6.45, 7) is 1.11. The fourth-order valence-corrected chi connectivity index (χ4v) is 2.83. The van der Waals surface area contributed by atoms with Crippen LogP contribution in [0.4, 0.5) is 10.7 Å². The quantitative estimate of drug-likeness (QED) is 0.800. The van der Waals surface area contributed by atoms with Crippen LogP contribution < -0.4 is 11.1 Å². The Morgan fingerprint density at radius 1 is 1.32 bits per heavy atom. The molecule has 6 heteroatoms. The van der Waals surface area contributed by atoms with Crippen LogP contribution in [-0.2, 0) is 13.1 Å². The number of nitrogens with two attached hydrogens (primary N) is 1. The van der Waals surface area contributed by atoms with E-state index in [4.69, 9.17) is 5.73 Å². The molecular weight excluding hydrogens is 242 g/mol. The molecule has 0 unspecified atom stereocenters. The predicted octanol–water partition coefficient (Wildman–Crippen LogP) is 1.42. The van der Waals surface area contributed by atoms with Crippen LogP contribution in [-0.4, -0.2) is 26.9 Å². The van der Waals surface area contributed by atoms with Gasteiger partial charge in [-0.3, -0.25) is 0 Å². The molecule has 0 bridgehead atoms. The van der Waals surface area contributed by atoms with Crippen molar-refractivity contribution in [2.24, 2.45) is 0 Å². The minimum absolute atomic E-state index is 0.00321. The van der Waals surface area contributed by atoms with E-state index in [1.807, 2.05) is 0 Å². The molecule has 1 aromatic heterocycles. The zero-order valence-electron chi connectivity index (χ0n) is 10.9. The second kappa shape index (κ2) is 5.03. The molecule has 1 aromatic rings. The van der Waals surface area contributed by atoms with Crippen LogP contribution in [0.3, 0.4) is 0 Å². The summed E-state index contributed by atoms with van der Waals surface area (Å²) in [5, 5.41) is 3.12. The zero-order chi connectivity index (χ0) is 13.2. The molecule has 3 rings (SSSR count). The fraction of sp³-hybridized carbons (Fsp3) is 0.615. The van der Waals surface area contributed by atoms with Gasteiger partial charge in [-0.15, -0.1) is 0 Å². The van der Waals surface area contributed by atoms with Gasteiger partial charge in [-0.25, -0.2) is 14.8 Å². The van der Waals surface area contributed by atoms with Gasteiger partial charge in [0, 0.05) is 17.8 Å². The highest BCUT2D eigenvalue weighted by Crippen LogP contribution is 2.22. The Morgan fingerprint density at radius 2 is 2.11 bits per heavy atom. The topological polar surface area (TPSA) is 84.1 Å². The van der Waals surface area contributed by atoms with Crippen LogP contribution in [0.1, 0.15) is 43.4 Å². The minimum Gasteiger partial charge on any atom is -0.368 e. The number of nitrogens with zero attached hydrogens (tertiary/aromatic N) is 3. The van der Waals surface area contributed by atoms with E-state index in [-0.39, 0.29) is 12.0 Å². The van der Waals surface area contributed by atoms with Gasteiger partial charge < -0.3 is 16.0 Å². The molecule has 102 valence electrons. The molecule has 19 heavy (non-hydrogen) atoms. The second-order valence-electron chi connectivity index (χ2n) is 5.34. The number of nitrogen functional groups attached to an aromatic ring is 1. The van der Waals surface area contributed by atoms with Crippen LogP contribution >= 0.6 is 0 Å². The number of carbonyl (C=O) groups excluding carboxylic acids is 1. The summed E-state index contributed by atoms with van der Waals surface area (Å²) in [7, 11) is 0. The Bertz CT molecular complexity index is 484. The first-order valence-corrected chi connectivity index (χ1v) is 6.88. The normalized spacial score (nSPS) is 19.3. The smallest absolute Gasteiger partial charge is 0.318 e. The van der Waals surface area contributed by atoms with Gasteiger partial charge in [0.25, 0.3) is 0 Å². The Hall–Kier alpha value is -1.85. The molecule has 2 heterocycles. The maximum atomic E-state index is 12.2. The van der Waals surface area contributed by atoms with Crippen molar-refractivity contribution in [3.05, 3.63) is 17.5 Å². The lowest BCUT2D eigenvalue weighted by Crippen LogP contribution is -2.43. The molecule has 0 spiro atoms. The average Bonchev–Trinajstić information content (AvgIpc) is 2.83. The van der Waals surface area contributed by atoms with Crippen LogP contribution in [0.5, 0.6) is 0 Å². The standard InChI is InChI=1S/C13H19N5O/c14-12-15-6-9-7-18(8-11(9)17-12)13(19)16-10-4-2-1-3-5-10/h6,10H,1-5,7-8H2,(H,16,19)(H2,14,15,17). The van der Waals surface area contributed by atoms with Gasteiger partial charge in [-0.05, 0) is 12.8 Å². The lowest BCUT2D eigenvalue weighted by Gasteiger charge is -2.25. The maximum absolute atomic E-state index is 12.2. The Kier molecular flexibility index (Phi) is 3.23. The van der Waals surface area contributed by atoms with Gasteiger partial charge >= 0.3 is 6.03 Å². The van der Waals surface area contributed by atoms with E-state index in [9.17, 15) is 4.79 Å². The number of hydrogen-bond donors (Lipinski definition) is 2. The lowest BCUT2D eigenvalue weighted by molar-refractivity contribution is 0.190. The summed E-state index contributed by atoms with van der Waals surface area (Å²) in [4.78, 5) is 22.1. The van der Waals surface area contributed by atoms with E-state index in [0.717, 1.165) is 24.1 Å². The summed E-state index contributed by atoms with van der Waals surface area (Å²) in [6.07, 6.45) is 7.63. The number of nitrogens with one attached hydrogen (secondary N) is 1. The van der Waals surface area contributed by atoms with Gasteiger partial charge in [0.2, 0.25) is 5.95 Å². The Morgan fingerprint density at radius 3 is 2.89 bits per heavy atom. The van der Waals surface area contributed by atoms with Crippen molar-refractivity contribution in [3.63, 3.8) is 0 Å².